The van der Waals surface area contributed by atoms with Gasteiger partial charge < -0.3 is 15.6 Å². The number of nitrogen functional groups attached to an aromatic ring is 1. The van der Waals surface area contributed by atoms with Crippen LogP contribution in [0, 0.1) is 0 Å². The third kappa shape index (κ3) is 3.96. The van der Waals surface area contributed by atoms with Crippen LogP contribution in [0.1, 0.15) is 0 Å². The number of nitrogens with zero attached hydrogens (tertiary/aromatic N) is 4. The average molecular weight is 382 g/mol. The number of carbonyl (C=O) groups excluding carboxylic acids is 3. The van der Waals surface area contributed by atoms with Crippen LogP contribution in [-0.4, -0.2) is 61.4 Å². The van der Waals surface area contributed by atoms with Gasteiger partial charge in [-0.3, -0.25) is 19.3 Å². The van der Waals surface area contributed by atoms with E-state index >= 15 is 0 Å². The van der Waals surface area contributed by atoms with Gasteiger partial charge in [0.25, 0.3) is 5.24 Å². The van der Waals surface area contributed by atoms with Gasteiger partial charge >= 0.3 is 0 Å². The highest BCUT2D eigenvalue weighted by Crippen LogP contribution is 2.21. The maximum atomic E-state index is 11.9. The molecule has 3 heterocycles. The van der Waals surface area contributed by atoms with Crippen LogP contribution in [0.4, 0.5) is 4.79 Å². The molecule has 1 saturated heterocycles. The molecule has 25 heavy (non-hydrogen) atoms. The number of hydrogen-bond acceptors (Lipinski definition) is 9. The highest BCUT2D eigenvalue weighted by molar-refractivity contribution is 8.14. The standard InChI is InChI=1S/C13H14N6O4S2/c14-19-11(8-2-1-5-23-8)16-17-12(19)24-6-9(20)15-3-4-18-10(21)7-25-13(18)22/h1-2,5H,3-4,6-7,14H2,(H,15,20). The summed E-state index contributed by atoms with van der Waals surface area (Å²) < 4.78 is 6.45. The van der Waals surface area contributed by atoms with Gasteiger partial charge in [-0.15, -0.1) is 10.2 Å². The molecule has 10 nitrogen and oxygen atoms in total. The fraction of sp³-hybridized carbons (Fsp3) is 0.308. The van der Waals surface area contributed by atoms with E-state index in [4.69, 9.17) is 10.3 Å². The first-order valence-electron chi connectivity index (χ1n) is 7.17. The lowest BCUT2D eigenvalue weighted by Crippen LogP contribution is -2.38. The molecule has 0 spiro atoms. The Morgan fingerprint density at radius 1 is 1.44 bits per heavy atom. The molecule has 1 fully saturated rings. The molecule has 1 aliphatic heterocycles. The van der Waals surface area contributed by atoms with Crippen LogP contribution < -0.4 is 11.2 Å². The summed E-state index contributed by atoms with van der Waals surface area (Å²) in [7, 11) is 0. The molecule has 3 rings (SSSR count). The predicted octanol–water partition coefficient (Wildman–Crippen LogP) is 0.156. The Labute approximate surface area is 150 Å². The molecule has 1 aliphatic rings. The molecule has 0 aliphatic carbocycles. The molecule has 2 aromatic rings. The summed E-state index contributed by atoms with van der Waals surface area (Å²) in [5, 5.41) is 10.6. The van der Waals surface area contributed by atoms with Crippen LogP contribution in [-0.2, 0) is 9.59 Å². The number of amides is 3. The second-order valence-corrected chi connectivity index (χ2v) is 6.76. The zero-order valence-corrected chi connectivity index (χ0v) is 14.5. The molecule has 0 atom stereocenters. The molecule has 132 valence electrons. The van der Waals surface area contributed by atoms with Crippen LogP contribution in [0.25, 0.3) is 11.6 Å². The quantitative estimate of drug-likeness (QED) is 0.506. The van der Waals surface area contributed by atoms with Crippen molar-refractivity contribution in [2.75, 3.05) is 30.4 Å². The van der Waals surface area contributed by atoms with Gasteiger partial charge in [0.05, 0.1) is 17.8 Å². The van der Waals surface area contributed by atoms with Crippen LogP contribution in [0.3, 0.4) is 0 Å². The first kappa shape index (κ1) is 17.4. The van der Waals surface area contributed by atoms with E-state index in [9.17, 15) is 14.4 Å². The maximum Gasteiger partial charge on any atom is 0.288 e. The topological polar surface area (TPSA) is 136 Å². The number of rotatable bonds is 7. The van der Waals surface area contributed by atoms with E-state index in [1.807, 2.05) is 0 Å². The highest BCUT2D eigenvalue weighted by Gasteiger charge is 2.29. The second-order valence-electron chi connectivity index (χ2n) is 4.89. The van der Waals surface area contributed by atoms with Crippen molar-refractivity contribution in [3.63, 3.8) is 0 Å². The first-order chi connectivity index (χ1) is 12.1. The van der Waals surface area contributed by atoms with Crippen molar-refractivity contribution >= 4 is 40.6 Å². The molecule has 3 N–H and O–H groups in total. The molecule has 3 amide bonds. The number of aromatic nitrogens is 3. The van der Waals surface area contributed by atoms with Crippen LogP contribution >= 0.6 is 23.5 Å². The van der Waals surface area contributed by atoms with Crippen molar-refractivity contribution in [2.45, 2.75) is 5.16 Å². The SMILES string of the molecule is Nn1c(SCC(=O)NCCN2C(=O)CSC2=O)nnc1-c1ccco1. The van der Waals surface area contributed by atoms with Gasteiger partial charge in [-0.1, -0.05) is 23.5 Å². The van der Waals surface area contributed by atoms with E-state index in [0.29, 0.717) is 16.7 Å². The lowest BCUT2D eigenvalue weighted by molar-refractivity contribution is -0.125. The molecule has 0 radical (unpaired) electrons. The number of furan rings is 1. The number of nitrogens with one attached hydrogen (secondary N) is 1. The first-order valence-corrected chi connectivity index (χ1v) is 9.14. The highest BCUT2D eigenvalue weighted by atomic mass is 32.2. The van der Waals surface area contributed by atoms with Crippen molar-refractivity contribution in [1.82, 2.24) is 25.1 Å². The van der Waals surface area contributed by atoms with Gasteiger partial charge in [0.15, 0.2) is 5.76 Å². The smallest absolute Gasteiger partial charge is 0.288 e. The lowest BCUT2D eigenvalue weighted by atomic mass is 10.4. The van der Waals surface area contributed by atoms with Gasteiger partial charge in [0.1, 0.15) is 0 Å². The van der Waals surface area contributed by atoms with Crippen LogP contribution in [0.15, 0.2) is 28.0 Å². The second kappa shape index (κ2) is 7.61. The fourth-order valence-corrected chi connectivity index (χ4v) is 3.47. The van der Waals surface area contributed by atoms with Crippen LogP contribution in [0.2, 0.25) is 0 Å². The van der Waals surface area contributed by atoms with Gasteiger partial charge in [0, 0.05) is 13.1 Å². The summed E-state index contributed by atoms with van der Waals surface area (Å²) in [4.78, 5) is 35.8. The Hall–Kier alpha value is -2.47. The van der Waals surface area contributed by atoms with Crippen molar-refractivity contribution in [2.24, 2.45) is 0 Å². The van der Waals surface area contributed by atoms with Crippen molar-refractivity contribution in [1.29, 1.82) is 0 Å². The van der Waals surface area contributed by atoms with E-state index in [2.05, 4.69) is 15.5 Å². The summed E-state index contributed by atoms with van der Waals surface area (Å²) in [6.07, 6.45) is 1.50. The normalized spacial score (nSPS) is 14.3. The van der Waals surface area contributed by atoms with Crippen molar-refractivity contribution in [3.8, 4) is 11.6 Å². The molecule has 0 unspecified atom stereocenters. The number of thioether (sulfide) groups is 2. The summed E-state index contributed by atoms with van der Waals surface area (Å²) in [5.41, 5.74) is 0. The summed E-state index contributed by atoms with van der Waals surface area (Å²) in [6, 6.07) is 3.41. The Morgan fingerprint density at radius 2 is 2.28 bits per heavy atom. The molecule has 0 bridgehead atoms. The Bertz CT molecular complexity index is 775. The van der Waals surface area contributed by atoms with E-state index in [1.165, 1.54) is 10.9 Å². The molecular weight excluding hydrogens is 368 g/mol. The third-order valence-electron chi connectivity index (χ3n) is 3.24. The number of hydrogen-bond donors (Lipinski definition) is 2. The van der Waals surface area contributed by atoms with Crippen LogP contribution in [0.5, 0.6) is 0 Å². The Kier molecular flexibility index (Phi) is 5.28. The predicted molar refractivity (Wildman–Crippen MR) is 91.2 cm³/mol. The van der Waals surface area contributed by atoms with E-state index < -0.39 is 0 Å². The van der Waals surface area contributed by atoms with Gasteiger partial charge in [-0.2, -0.15) is 0 Å². The summed E-state index contributed by atoms with van der Waals surface area (Å²) >= 11 is 2.08. The number of carbonyl (C=O) groups is 3. The Morgan fingerprint density at radius 3 is 2.96 bits per heavy atom. The largest absolute Gasteiger partial charge is 0.461 e. The molecule has 2 aromatic heterocycles. The third-order valence-corrected chi connectivity index (χ3v) is 5.04. The van der Waals surface area contributed by atoms with Crippen molar-refractivity contribution < 1.29 is 18.8 Å². The summed E-state index contributed by atoms with van der Waals surface area (Å²) in [6.45, 7) is 0.362. The molecule has 12 heteroatoms. The molecule has 0 aromatic carbocycles. The van der Waals surface area contributed by atoms with E-state index in [1.54, 1.807) is 12.1 Å². The fourth-order valence-electron chi connectivity index (χ4n) is 2.03. The number of nitrogens with two attached hydrogens (primary N) is 1. The minimum atomic E-state index is -0.282. The van der Waals surface area contributed by atoms with Gasteiger partial charge in [-0.25, -0.2) is 4.68 Å². The van der Waals surface area contributed by atoms with E-state index in [-0.39, 0.29) is 41.6 Å². The number of imide groups is 1. The minimum absolute atomic E-state index is 0.0735. The monoisotopic (exact) mass is 382 g/mol. The van der Waals surface area contributed by atoms with Gasteiger partial charge in [0.2, 0.25) is 22.8 Å². The average Bonchev–Trinajstić information content (AvgIpc) is 3.30. The molecule has 0 saturated carbocycles. The maximum absolute atomic E-state index is 11.9. The van der Waals surface area contributed by atoms with Crippen molar-refractivity contribution in [3.05, 3.63) is 18.4 Å². The van der Waals surface area contributed by atoms with Gasteiger partial charge in [-0.05, 0) is 12.1 Å². The zero-order chi connectivity index (χ0) is 17.8. The zero-order valence-electron chi connectivity index (χ0n) is 12.9. The van der Waals surface area contributed by atoms with E-state index in [0.717, 1.165) is 28.4 Å². The minimum Gasteiger partial charge on any atom is -0.461 e. The summed E-state index contributed by atoms with van der Waals surface area (Å²) in [5.74, 6) is 6.46. The lowest BCUT2D eigenvalue weighted by Gasteiger charge is -2.12. The molecular formula is C13H14N6O4S2. The Balaban J connectivity index is 1.45.